The molecule has 3 aliphatic rings. The van der Waals surface area contributed by atoms with Gasteiger partial charge in [-0.2, -0.15) is 15.0 Å². The van der Waals surface area contributed by atoms with E-state index in [9.17, 15) is 33.9 Å². The number of carbonyl (C=O) groups is 3. The third-order valence-corrected chi connectivity index (χ3v) is 20.3. The summed E-state index contributed by atoms with van der Waals surface area (Å²) in [6.07, 6.45) is -11.2. The molecule has 5 unspecified atom stereocenters. The Kier molecular flexibility index (Phi) is 29.5. The maximum Gasteiger partial charge on any atom is 0.475 e. The first-order valence-corrected chi connectivity index (χ1v) is 36.8. The number of aliphatic hydroxyl groups excluding tert-OH is 1. The Morgan fingerprint density at radius 2 is 0.875 bits per heavy atom. The van der Waals surface area contributed by atoms with Crippen LogP contribution < -0.4 is 33.0 Å². The van der Waals surface area contributed by atoms with Crippen molar-refractivity contribution >= 4 is 61.5 Å². The topological polar surface area (TPSA) is 376 Å². The maximum absolute atomic E-state index is 15.7. The minimum atomic E-state index is -5.19. The van der Waals surface area contributed by atoms with E-state index in [-0.39, 0.29) is 87.9 Å². The lowest BCUT2D eigenvalue weighted by Crippen LogP contribution is -2.41. The number of aromatic nitrogens is 6. The van der Waals surface area contributed by atoms with Gasteiger partial charge in [0, 0.05) is 79.2 Å². The van der Waals surface area contributed by atoms with Crippen molar-refractivity contribution in [3.8, 4) is 0 Å². The van der Waals surface area contributed by atoms with Gasteiger partial charge in [0.1, 0.15) is 73.4 Å². The number of nitrogens with one attached hydrogen (secondary N) is 3. The van der Waals surface area contributed by atoms with Crippen LogP contribution in [0.2, 0.25) is 0 Å². The summed E-state index contributed by atoms with van der Waals surface area (Å²) >= 11 is 6.25. The molecule has 3 fully saturated rings. The van der Waals surface area contributed by atoms with Crippen molar-refractivity contribution in [1.29, 1.82) is 0 Å². The molecule has 3 aliphatic heterocycles. The SMILES string of the molecule is [C-]#[N+]CCOP(=O)(OC[C@H]1O[C@@H](n2cc(C)c(NC(=O)c3ccccc3)nc2=O)[C@@H](OCCOC)C1OP(=S)(OCC[N+]#[C-])OC[C@H]1O[C@@H](n2cc(C)c(NC(=O)c3ccccc3)nc2=O)[C@@H](OCCOC)C1C)OC1[C@@H](CO)O[C@@H](n2cc(C)c(NC(=O)c3ccccc3)nc2=O)[C@H]1OCCOC. The number of amides is 3. The standard InChI is InChI=1S/C67H81N11O23P2S/c1-41-35-76(65(83)73-56(41)70-59(80)45-19-13-10-14-20-45)62-51(90-32-29-87-7)44(4)49(98-62)39-96-103(104,94-28-26-69-6)101-53-50(99-64(55(53)92-34-31-89-9)78-37-43(3)58(75-67(78)85)72-61(82)47-23-17-12-18-24-47)40-95-102(86,93-27-25-68-5)100-52-48(38-79)97-63(54(52)91-33-30-88-8)77-36-42(2)57(74-66(77)84)71-60(81)46-21-15-11-16-22-46/h10-24,35-37,44,48-55,62-64,79H,25-34,38-40H2,1-4,7-9H3,(H,70,73,80,83)(H,71,74,81,84)(H,72,75,82,85)/t44?,48-,49-,50-,51+,52?,53?,54+,55+,62-,63-,64-,102?,103?/m1/s1. The maximum atomic E-state index is 15.7. The third-order valence-electron chi connectivity index (χ3n) is 16.5. The summed E-state index contributed by atoms with van der Waals surface area (Å²) in [5, 5.41) is 19.0. The van der Waals surface area contributed by atoms with E-state index in [1.165, 1.54) is 44.5 Å². The van der Waals surface area contributed by atoms with E-state index < -0.39 is 149 Å². The van der Waals surface area contributed by atoms with Crippen molar-refractivity contribution in [3.05, 3.63) is 197 Å². The lowest BCUT2D eigenvalue weighted by atomic mass is 10.0. The fourth-order valence-electron chi connectivity index (χ4n) is 11.2. The molecule has 3 amide bonds. The van der Waals surface area contributed by atoms with E-state index >= 15 is 4.57 Å². The molecule has 34 nitrogen and oxygen atoms in total. The van der Waals surface area contributed by atoms with Gasteiger partial charge in [-0.15, -0.1) is 0 Å². The zero-order valence-electron chi connectivity index (χ0n) is 57.8. The number of rotatable bonds is 38. The summed E-state index contributed by atoms with van der Waals surface area (Å²) in [6.45, 7) is 13.5. The molecule has 14 atom stereocenters. The van der Waals surface area contributed by atoms with Crippen molar-refractivity contribution in [2.24, 2.45) is 5.92 Å². The van der Waals surface area contributed by atoms with Crippen LogP contribution >= 0.6 is 14.5 Å². The number of anilines is 3. The van der Waals surface area contributed by atoms with Crippen molar-refractivity contribution in [3.63, 3.8) is 0 Å². The van der Waals surface area contributed by atoms with E-state index in [4.69, 9.17) is 94.7 Å². The van der Waals surface area contributed by atoms with Crippen LogP contribution in [0.3, 0.4) is 0 Å². The molecule has 9 rings (SSSR count). The molecule has 104 heavy (non-hydrogen) atoms. The van der Waals surface area contributed by atoms with Crippen molar-refractivity contribution < 1.29 is 93.8 Å². The monoisotopic (exact) mass is 1500 g/mol. The zero-order valence-corrected chi connectivity index (χ0v) is 60.4. The first-order chi connectivity index (χ1) is 50.2. The average molecular weight is 1500 g/mol. The van der Waals surface area contributed by atoms with E-state index in [0.29, 0.717) is 22.3 Å². The molecule has 6 heterocycles. The molecular weight excluding hydrogens is 1420 g/mol. The van der Waals surface area contributed by atoms with E-state index in [2.05, 4.69) is 40.6 Å². The molecule has 3 aromatic carbocycles. The van der Waals surface area contributed by atoms with Crippen molar-refractivity contribution in [2.45, 2.75) is 95.2 Å². The van der Waals surface area contributed by atoms with Gasteiger partial charge < -0.3 is 82.4 Å². The number of benzene rings is 3. The predicted octanol–water partition coefficient (Wildman–Crippen LogP) is 5.86. The van der Waals surface area contributed by atoms with Crippen LogP contribution in [0.1, 0.15) is 73.4 Å². The second-order valence-corrected chi connectivity index (χ2v) is 28.2. The van der Waals surface area contributed by atoms with Gasteiger partial charge in [-0.3, -0.25) is 46.2 Å². The first-order valence-electron chi connectivity index (χ1n) is 32.7. The van der Waals surface area contributed by atoms with Gasteiger partial charge >= 0.3 is 31.6 Å². The summed E-state index contributed by atoms with van der Waals surface area (Å²) in [5.74, 6) is -2.39. The van der Waals surface area contributed by atoms with Crippen LogP contribution in [0, 0.1) is 39.8 Å². The van der Waals surface area contributed by atoms with Gasteiger partial charge in [0.2, 0.25) is 13.1 Å². The lowest BCUT2D eigenvalue weighted by Gasteiger charge is -2.31. The van der Waals surface area contributed by atoms with Gasteiger partial charge in [0.15, 0.2) is 18.7 Å². The summed E-state index contributed by atoms with van der Waals surface area (Å²) < 4.78 is 112. The van der Waals surface area contributed by atoms with Crippen LogP contribution in [0.4, 0.5) is 17.5 Å². The number of hydrogen-bond acceptors (Lipinski definition) is 27. The first kappa shape index (κ1) is 80.0. The van der Waals surface area contributed by atoms with Crippen LogP contribution in [-0.4, -0.2) is 207 Å². The second-order valence-electron chi connectivity index (χ2n) is 23.6. The largest absolute Gasteiger partial charge is 0.475 e. The molecule has 0 aliphatic carbocycles. The number of aliphatic hydroxyl groups is 1. The molecular formula is C67H81N11O23P2S. The summed E-state index contributed by atoms with van der Waals surface area (Å²) in [5.41, 5.74) is -0.876. The third kappa shape index (κ3) is 20.5. The Hall–Kier alpha value is -8.07. The smallest absolute Gasteiger partial charge is 0.394 e. The molecule has 37 heteroatoms. The van der Waals surface area contributed by atoms with Crippen molar-refractivity contribution in [1.82, 2.24) is 28.7 Å². The van der Waals surface area contributed by atoms with Crippen LogP contribution in [0.15, 0.2) is 124 Å². The molecule has 0 saturated carbocycles. The highest BCUT2D eigenvalue weighted by Gasteiger charge is 2.55. The van der Waals surface area contributed by atoms with Gasteiger partial charge in [-0.05, 0) is 69.0 Å². The van der Waals surface area contributed by atoms with E-state index in [0.717, 1.165) is 9.13 Å². The summed E-state index contributed by atoms with van der Waals surface area (Å²) in [4.78, 5) is 102. The fraction of sp³-hybridized carbons (Fsp3) is 0.478. The molecule has 4 N–H and O–H groups in total. The Bertz CT molecular complexity index is 4270. The van der Waals surface area contributed by atoms with Crippen molar-refractivity contribution in [2.75, 3.05) is 123 Å². The Morgan fingerprint density at radius 1 is 0.510 bits per heavy atom. The number of ether oxygens (including phenoxy) is 9. The average Bonchev–Trinajstić information content (AvgIpc) is 1.62. The van der Waals surface area contributed by atoms with E-state index in [1.54, 1.807) is 119 Å². The molecule has 3 saturated heterocycles. The lowest BCUT2D eigenvalue weighted by molar-refractivity contribution is -0.0854. The minimum Gasteiger partial charge on any atom is -0.394 e. The number of hydrogen-bond donors (Lipinski definition) is 4. The Balaban J connectivity index is 1.06. The molecule has 6 aromatic rings. The summed E-state index contributed by atoms with van der Waals surface area (Å²) in [6, 6.07) is 24.8. The highest BCUT2D eigenvalue weighted by molar-refractivity contribution is 8.07. The molecule has 0 spiro atoms. The number of phosphoric acid groups is 1. The summed E-state index contributed by atoms with van der Waals surface area (Å²) in [7, 11) is -0.887. The number of nitrogens with zero attached hydrogens (tertiary/aromatic N) is 8. The normalized spacial score (nSPS) is 23.3. The quantitative estimate of drug-likeness (QED) is 0.0200. The number of carbonyl (C=O) groups excluding carboxylic acids is 3. The Morgan fingerprint density at radius 3 is 1.28 bits per heavy atom. The van der Waals surface area contributed by atoms with Gasteiger partial charge in [0.25, 0.3) is 17.7 Å². The van der Waals surface area contributed by atoms with Gasteiger partial charge in [-0.1, -0.05) is 61.5 Å². The Labute approximate surface area is 602 Å². The second kappa shape index (κ2) is 38.3. The van der Waals surface area contributed by atoms with Crippen LogP contribution in [0.5, 0.6) is 0 Å². The zero-order chi connectivity index (χ0) is 74.5. The molecule has 3 aromatic heterocycles. The number of methoxy groups -OCH3 is 3. The van der Waals surface area contributed by atoms with E-state index in [1.807, 2.05) is 0 Å². The molecule has 0 bridgehead atoms. The van der Waals surface area contributed by atoms with Gasteiger partial charge in [0.05, 0.1) is 65.6 Å². The number of phosphoric ester groups is 1. The highest BCUT2D eigenvalue weighted by Crippen LogP contribution is 2.57. The molecule has 0 radical (unpaired) electrons. The fourth-order valence-corrected chi connectivity index (χ4v) is 14.7. The molecule has 558 valence electrons. The minimum absolute atomic E-state index is 0.0102. The highest BCUT2D eigenvalue weighted by atomic mass is 32.5. The van der Waals surface area contributed by atoms with Crippen LogP contribution in [-0.2, 0) is 86.1 Å². The number of aryl methyl sites for hydroxylation is 3. The predicted molar refractivity (Wildman–Crippen MR) is 374 cm³/mol. The van der Waals surface area contributed by atoms with Gasteiger partial charge in [-0.25, -0.2) is 32.1 Å². The van der Waals surface area contributed by atoms with Crippen LogP contribution in [0.25, 0.3) is 9.69 Å².